The van der Waals surface area contributed by atoms with Crippen LogP contribution in [0.15, 0.2) is 0 Å². The molecule has 0 unspecified atom stereocenters. The lowest BCUT2D eigenvalue weighted by Crippen LogP contribution is -1.97. The van der Waals surface area contributed by atoms with E-state index in [0.717, 1.165) is 5.92 Å². The van der Waals surface area contributed by atoms with Crippen molar-refractivity contribution in [3.05, 3.63) is 5.92 Å². The Kier molecular flexibility index (Phi) is 2.27. The van der Waals surface area contributed by atoms with E-state index in [4.69, 9.17) is 5.11 Å². The molecule has 7 heavy (non-hydrogen) atoms. The zero-order chi connectivity index (χ0) is 5.86. The van der Waals surface area contributed by atoms with Gasteiger partial charge in [0.1, 0.15) is 0 Å². The van der Waals surface area contributed by atoms with Gasteiger partial charge in [0, 0.05) is 0 Å². The minimum Gasteiger partial charge on any atom is -0.478 e. The number of hydrogen-bond acceptors (Lipinski definition) is 1. The number of rotatable bonds is 2. The van der Waals surface area contributed by atoms with Crippen molar-refractivity contribution in [2.45, 2.75) is 20.3 Å². The number of carboxylic acids is 1. The average Bonchev–Trinajstić information content (AvgIpc) is 1.27. The zero-order valence-electron chi connectivity index (χ0n) is 4.56. The van der Waals surface area contributed by atoms with Gasteiger partial charge in [0.05, 0.1) is 19.8 Å². The van der Waals surface area contributed by atoms with Gasteiger partial charge in [-0.25, -0.2) is 4.79 Å². The fraction of sp³-hybridized carbons (Fsp3) is 0.600. The Bertz CT molecular complexity index is 66.5. The number of hydrogen-bond donors (Lipinski definition) is 1. The Morgan fingerprint density at radius 3 is 2.14 bits per heavy atom. The minimum absolute atomic E-state index is 0.194. The van der Waals surface area contributed by atoms with Crippen molar-refractivity contribution in [1.29, 1.82) is 0 Å². The minimum atomic E-state index is -0.750. The fourth-order valence-corrected chi connectivity index (χ4v) is 0.302. The fourth-order valence-electron chi connectivity index (χ4n) is 0.302. The van der Waals surface area contributed by atoms with E-state index in [-0.39, 0.29) is 6.42 Å². The van der Waals surface area contributed by atoms with Crippen LogP contribution in [0.5, 0.6) is 0 Å². The Morgan fingerprint density at radius 2 is 2.14 bits per heavy atom. The summed E-state index contributed by atoms with van der Waals surface area (Å²) in [7, 11) is 0. The summed E-state index contributed by atoms with van der Waals surface area (Å²) in [4.78, 5) is 9.79. The first-order valence-electron chi connectivity index (χ1n) is 2.13. The molecule has 0 bridgehead atoms. The van der Waals surface area contributed by atoms with E-state index in [1.54, 1.807) is 13.8 Å². The summed E-state index contributed by atoms with van der Waals surface area (Å²) in [6.07, 6.45) is 0.194. The van der Waals surface area contributed by atoms with Gasteiger partial charge < -0.3 is 5.11 Å². The van der Waals surface area contributed by atoms with Crippen LogP contribution in [0.4, 0.5) is 0 Å². The molecule has 2 heteroatoms. The smallest absolute Gasteiger partial charge is 0.348 e. The summed E-state index contributed by atoms with van der Waals surface area (Å²) >= 11 is 0. The largest absolute Gasteiger partial charge is 0.478 e. The third kappa shape index (κ3) is 5.34. The van der Waals surface area contributed by atoms with Gasteiger partial charge in [-0.1, -0.05) is 0 Å². The molecule has 0 saturated heterocycles. The van der Waals surface area contributed by atoms with Crippen LogP contribution in [0, 0.1) is 5.92 Å². The molecule has 0 radical (unpaired) electrons. The molecule has 0 aromatic rings. The normalized spacial score (nSPS) is 8.29. The first-order chi connectivity index (χ1) is 3.13. The molecule has 0 aliphatic rings. The molecule has 0 heterocycles. The standard InChI is InChI=1S/C5H8O2/c1-4(2)3-5(6)7/h3H2,1-2H3/p+1. The SMILES string of the molecule is C[C+](C)CC(=O)O. The molecule has 40 valence electrons. The summed E-state index contributed by atoms with van der Waals surface area (Å²) < 4.78 is 0. The topological polar surface area (TPSA) is 37.3 Å². The van der Waals surface area contributed by atoms with Gasteiger partial charge in [-0.3, -0.25) is 0 Å². The van der Waals surface area contributed by atoms with Crippen molar-refractivity contribution >= 4 is 5.97 Å². The molecule has 0 aliphatic heterocycles. The molecular formula is C5H9O2+. The maximum Gasteiger partial charge on any atom is 0.348 e. The highest BCUT2D eigenvalue weighted by Gasteiger charge is 2.09. The van der Waals surface area contributed by atoms with Crippen molar-refractivity contribution in [3.63, 3.8) is 0 Å². The van der Waals surface area contributed by atoms with Crippen LogP contribution in [0.2, 0.25) is 0 Å². The van der Waals surface area contributed by atoms with E-state index < -0.39 is 5.97 Å². The van der Waals surface area contributed by atoms with Crippen LogP contribution in [-0.4, -0.2) is 11.1 Å². The van der Waals surface area contributed by atoms with Crippen LogP contribution in [-0.2, 0) is 4.79 Å². The van der Waals surface area contributed by atoms with Crippen molar-refractivity contribution in [2.24, 2.45) is 0 Å². The van der Waals surface area contributed by atoms with Crippen molar-refractivity contribution < 1.29 is 9.90 Å². The van der Waals surface area contributed by atoms with E-state index in [1.807, 2.05) is 0 Å². The maximum absolute atomic E-state index is 9.79. The molecule has 0 aliphatic carbocycles. The van der Waals surface area contributed by atoms with Crippen molar-refractivity contribution in [1.82, 2.24) is 0 Å². The Hall–Kier alpha value is -0.660. The number of aliphatic carboxylic acids is 1. The third-order valence-corrected chi connectivity index (χ3v) is 0.505. The summed E-state index contributed by atoms with van der Waals surface area (Å²) in [5, 5.41) is 8.06. The predicted molar refractivity (Wildman–Crippen MR) is 26.8 cm³/mol. The second kappa shape index (κ2) is 2.50. The predicted octanol–water partition coefficient (Wildman–Crippen LogP) is 1.08. The van der Waals surface area contributed by atoms with E-state index >= 15 is 0 Å². The van der Waals surface area contributed by atoms with Gasteiger partial charge in [-0.2, -0.15) is 0 Å². The molecule has 2 nitrogen and oxygen atoms in total. The molecule has 0 fully saturated rings. The molecule has 0 spiro atoms. The van der Waals surface area contributed by atoms with Gasteiger partial charge in [0.2, 0.25) is 0 Å². The summed E-state index contributed by atoms with van der Waals surface area (Å²) in [6, 6.07) is 0. The van der Waals surface area contributed by atoms with Gasteiger partial charge in [0.15, 0.2) is 6.42 Å². The molecular weight excluding hydrogens is 92.1 g/mol. The van der Waals surface area contributed by atoms with Crippen LogP contribution >= 0.6 is 0 Å². The monoisotopic (exact) mass is 101 g/mol. The van der Waals surface area contributed by atoms with Gasteiger partial charge in [0.25, 0.3) is 0 Å². The number of carboxylic acid groups (broad SMARTS) is 1. The highest BCUT2D eigenvalue weighted by atomic mass is 16.4. The highest BCUT2D eigenvalue weighted by molar-refractivity contribution is 5.68. The lowest BCUT2D eigenvalue weighted by molar-refractivity contribution is -0.136. The van der Waals surface area contributed by atoms with E-state index in [0.29, 0.717) is 0 Å². The summed E-state index contributed by atoms with van der Waals surface area (Å²) in [5.41, 5.74) is 0. The van der Waals surface area contributed by atoms with Crippen LogP contribution in [0.25, 0.3) is 0 Å². The Morgan fingerprint density at radius 1 is 1.71 bits per heavy atom. The highest BCUT2D eigenvalue weighted by Crippen LogP contribution is 1.99. The lowest BCUT2D eigenvalue weighted by atomic mass is 10.1. The van der Waals surface area contributed by atoms with Gasteiger partial charge >= 0.3 is 5.97 Å². The van der Waals surface area contributed by atoms with Gasteiger partial charge in [-0.15, -0.1) is 0 Å². The first-order valence-corrected chi connectivity index (χ1v) is 2.13. The van der Waals surface area contributed by atoms with Crippen LogP contribution < -0.4 is 0 Å². The Labute approximate surface area is 43.2 Å². The molecule has 0 atom stereocenters. The lowest BCUT2D eigenvalue weighted by Gasteiger charge is -1.83. The van der Waals surface area contributed by atoms with Crippen molar-refractivity contribution in [2.75, 3.05) is 0 Å². The zero-order valence-corrected chi connectivity index (χ0v) is 4.56. The molecule has 0 rings (SSSR count). The second-order valence-corrected chi connectivity index (χ2v) is 1.78. The molecule has 1 N–H and O–H groups in total. The molecule has 0 aromatic heterocycles. The van der Waals surface area contributed by atoms with Gasteiger partial charge in [-0.05, 0) is 0 Å². The molecule has 0 saturated carbocycles. The Balaban J connectivity index is 3.13. The van der Waals surface area contributed by atoms with E-state index in [1.165, 1.54) is 0 Å². The third-order valence-electron chi connectivity index (χ3n) is 0.505. The molecule has 0 amide bonds. The van der Waals surface area contributed by atoms with E-state index in [2.05, 4.69) is 0 Å². The van der Waals surface area contributed by atoms with Crippen LogP contribution in [0.3, 0.4) is 0 Å². The second-order valence-electron chi connectivity index (χ2n) is 1.78. The maximum atomic E-state index is 9.79. The van der Waals surface area contributed by atoms with Crippen LogP contribution in [0.1, 0.15) is 20.3 Å². The van der Waals surface area contributed by atoms with E-state index in [9.17, 15) is 4.79 Å². The number of carbonyl (C=O) groups is 1. The summed E-state index contributed by atoms with van der Waals surface area (Å²) in [5.74, 6) is 0.188. The summed E-state index contributed by atoms with van der Waals surface area (Å²) in [6.45, 7) is 3.60. The molecule has 0 aromatic carbocycles. The van der Waals surface area contributed by atoms with Crippen molar-refractivity contribution in [3.8, 4) is 0 Å². The average molecular weight is 101 g/mol. The quantitative estimate of drug-likeness (QED) is 0.528. The first kappa shape index (κ1) is 6.34.